The molecule has 0 fully saturated rings. The fraction of sp³-hybridized carbons (Fsp3) is 0.350. The quantitative estimate of drug-likeness (QED) is 0.635. The van der Waals surface area contributed by atoms with Crippen LogP contribution in [0, 0.1) is 5.82 Å². The molecule has 0 aromatic heterocycles. The van der Waals surface area contributed by atoms with Gasteiger partial charge in [-0.15, -0.1) is 0 Å². The van der Waals surface area contributed by atoms with Crippen LogP contribution < -0.4 is 14.8 Å². The highest BCUT2D eigenvalue weighted by molar-refractivity contribution is 7.98. The van der Waals surface area contributed by atoms with Crippen molar-refractivity contribution in [3.8, 4) is 11.5 Å². The largest absolute Gasteiger partial charge is 0.493 e. The van der Waals surface area contributed by atoms with Gasteiger partial charge in [-0.2, -0.15) is 11.8 Å². The van der Waals surface area contributed by atoms with Crippen LogP contribution >= 0.6 is 11.8 Å². The first-order chi connectivity index (χ1) is 12.7. The average Bonchev–Trinajstić information content (AvgIpc) is 2.67. The van der Waals surface area contributed by atoms with E-state index in [9.17, 15) is 9.18 Å². The number of nitrogens with one attached hydrogen (secondary N) is 1. The maximum atomic E-state index is 13.5. The molecule has 0 aliphatic rings. The highest BCUT2D eigenvalue weighted by atomic mass is 32.2. The molecule has 0 spiro atoms. The molecular formula is C20H24FNO3S. The third-order valence-corrected chi connectivity index (χ3v) is 4.77. The zero-order valence-electron chi connectivity index (χ0n) is 15.0. The molecule has 0 heterocycles. The van der Waals surface area contributed by atoms with Crippen molar-refractivity contribution < 1.29 is 18.7 Å². The number of halogens is 1. The number of hydrogen-bond donors (Lipinski definition) is 1. The number of amides is 1. The molecule has 0 radical (unpaired) electrons. The van der Waals surface area contributed by atoms with Gasteiger partial charge in [0.05, 0.1) is 7.11 Å². The summed E-state index contributed by atoms with van der Waals surface area (Å²) in [5.74, 6) is 2.07. The van der Waals surface area contributed by atoms with E-state index < -0.39 is 6.10 Å². The van der Waals surface area contributed by atoms with Crippen LogP contribution in [-0.4, -0.2) is 31.4 Å². The molecule has 2 rings (SSSR count). The first-order valence-corrected chi connectivity index (χ1v) is 9.69. The van der Waals surface area contributed by atoms with Gasteiger partial charge in [0.15, 0.2) is 17.6 Å². The number of hydrogen-bond acceptors (Lipinski definition) is 4. The predicted octanol–water partition coefficient (Wildman–Crippen LogP) is 4.04. The summed E-state index contributed by atoms with van der Waals surface area (Å²) in [5.41, 5.74) is 0.676. The van der Waals surface area contributed by atoms with Crippen LogP contribution in [0.3, 0.4) is 0 Å². The first kappa shape index (κ1) is 20.1. The summed E-state index contributed by atoms with van der Waals surface area (Å²) in [6.07, 6.45) is -0.0328. The van der Waals surface area contributed by atoms with Crippen molar-refractivity contribution in [2.45, 2.75) is 25.2 Å². The predicted molar refractivity (Wildman–Crippen MR) is 103 cm³/mol. The molecule has 4 nitrogen and oxygen atoms in total. The van der Waals surface area contributed by atoms with Crippen molar-refractivity contribution in [2.75, 3.05) is 19.4 Å². The van der Waals surface area contributed by atoms with E-state index in [0.29, 0.717) is 41.5 Å². The Bertz CT molecular complexity index is 711. The van der Waals surface area contributed by atoms with Gasteiger partial charge in [-0.1, -0.05) is 37.3 Å². The molecule has 0 saturated carbocycles. The van der Waals surface area contributed by atoms with Gasteiger partial charge in [0, 0.05) is 18.1 Å². The van der Waals surface area contributed by atoms with Crippen molar-refractivity contribution in [1.29, 1.82) is 0 Å². The Morgan fingerprint density at radius 3 is 2.54 bits per heavy atom. The number of thioether (sulfide) groups is 1. The van der Waals surface area contributed by atoms with E-state index in [0.717, 1.165) is 0 Å². The van der Waals surface area contributed by atoms with E-state index in [4.69, 9.17) is 9.47 Å². The minimum Gasteiger partial charge on any atom is -0.493 e. The molecule has 0 aliphatic carbocycles. The van der Waals surface area contributed by atoms with Crippen LogP contribution in [0.25, 0.3) is 0 Å². The van der Waals surface area contributed by atoms with Crippen molar-refractivity contribution >= 4 is 17.7 Å². The van der Waals surface area contributed by atoms with Crippen molar-refractivity contribution in [3.63, 3.8) is 0 Å². The summed E-state index contributed by atoms with van der Waals surface area (Å²) in [6.45, 7) is 2.40. The molecule has 1 amide bonds. The Kier molecular flexibility index (Phi) is 8.28. The topological polar surface area (TPSA) is 47.6 Å². The summed E-state index contributed by atoms with van der Waals surface area (Å²) in [6, 6.07) is 14.0. The third-order valence-electron chi connectivity index (χ3n) is 3.76. The molecule has 1 atom stereocenters. The maximum absolute atomic E-state index is 13.5. The molecule has 0 bridgehead atoms. The van der Waals surface area contributed by atoms with Crippen LogP contribution in [0.1, 0.15) is 18.9 Å². The summed E-state index contributed by atoms with van der Waals surface area (Å²) in [7, 11) is 1.57. The molecule has 140 valence electrons. The van der Waals surface area contributed by atoms with Crippen molar-refractivity contribution in [3.05, 3.63) is 59.9 Å². The van der Waals surface area contributed by atoms with E-state index in [-0.39, 0.29) is 11.7 Å². The smallest absolute Gasteiger partial charge is 0.261 e. The second-order valence-electron chi connectivity index (χ2n) is 5.60. The summed E-state index contributed by atoms with van der Waals surface area (Å²) < 4.78 is 24.6. The van der Waals surface area contributed by atoms with Gasteiger partial charge in [0.25, 0.3) is 5.91 Å². The maximum Gasteiger partial charge on any atom is 0.261 e. The minimum absolute atomic E-state index is 0.162. The SMILES string of the molecule is CC[C@H](Oc1ccccc1OC)C(=O)NCCSCc1ccccc1F. The lowest BCUT2D eigenvalue weighted by Crippen LogP contribution is -2.39. The highest BCUT2D eigenvalue weighted by Gasteiger charge is 2.19. The number of para-hydroxylation sites is 2. The number of ether oxygens (including phenoxy) is 2. The van der Waals surface area contributed by atoms with Gasteiger partial charge >= 0.3 is 0 Å². The fourth-order valence-corrected chi connectivity index (χ4v) is 3.19. The summed E-state index contributed by atoms with van der Waals surface area (Å²) in [5, 5.41) is 2.87. The van der Waals surface area contributed by atoms with Crippen molar-refractivity contribution in [1.82, 2.24) is 5.32 Å². The van der Waals surface area contributed by atoms with E-state index in [1.165, 1.54) is 6.07 Å². The lowest BCUT2D eigenvalue weighted by molar-refractivity contribution is -0.128. The molecule has 26 heavy (non-hydrogen) atoms. The number of carbonyl (C=O) groups excluding carboxylic acids is 1. The molecular weight excluding hydrogens is 353 g/mol. The number of rotatable bonds is 10. The molecule has 0 aliphatic heterocycles. The van der Waals surface area contributed by atoms with Gasteiger partial charge in [-0.25, -0.2) is 4.39 Å². The van der Waals surface area contributed by atoms with E-state index in [1.54, 1.807) is 43.1 Å². The number of carbonyl (C=O) groups is 1. The molecule has 6 heteroatoms. The van der Waals surface area contributed by atoms with Gasteiger partial charge in [0.1, 0.15) is 5.82 Å². The van der Waals surface area contributed by atoms with Gasteiger partial charge < -0.3 is 14.8 Å². The normalized spacial score (nSPS) is 11.7. The molecule has 1 N–H and O–H groups in total. The number of benzene rings is 2. The Labute approximate surface area is 158 Å². The summed E-state index contributed by atoms with van der Waals surface area (Å²) >= 11 is 1.58. The first-order valence-electron chi connectivity index (χ1n) is 8.54. The molecule has 2 aromatic carbocycles. The second kappa shape index (κ2) is 10.7. The van der Waals surface area contributed by atoms with Crippen molar-refractivity contribution in [2.24, 2.45) is 0 Å². The van der Waals surface area contributed by atoms with Gasteiger partial charge in [-0.05, 0) is 30.2 Å². The van der Waals surface area contributed by atoms with E-state index in [2.05, 4.69) is 5.32 Å². The zero-order chi connectivity index (χ0) is 18.8. The standard InChI is InChI=1S/C20H24FNO3S/c1-3-17(25-19-11-7-6-10-18(19)24-2)20(23)22-12-13-26-14-15-8-4-5-9-16(15)21/h4-11,17H,3,12-14H2,1-2H3,(H,22,23)/t17-/m0/s1. The van der Waals surface area contributed by atoms with E-state index >= 15 is 0 Å². The minimum atomic E-state index is -0.581. The monoisotopic (exact) mass is 377 g/mol. The Morgan fingerprint density at radius 2 is 1.85 bits per heavy atom. The second-order valence-corrected chi connectivity index (χ2v) is 6.71. The average molecular weight is 377 g/mol. The van der Waals surface area contributed by atoms with Crippen LogP contribution in [0.4, 0.5) is 4.39 Å². The van der Waals surface area contributed by atoms with Gasteiger partial charge in [0.2, 0.25) is 0 Å². The zero-order valence-corrected chi connectivity index (χ0v) is 15.9. The number of methoxy groups -OCH3 is 1. The lowest BCUT2D eigenvalue weighted by atomic mass is 10.2. The van der Waals surface area contributed by atoms with Crippen LogP contribution in [0.5, 0.6) is 11.5 Å². The van der Waals surface area contributed by atoms with Crippen LogP contribution in [-0.2, 0) is 10.5 Å². The fourth-order valence-electron chi connectivity index (χ4n) is 2.35. The lowest BCUT2D eigenvalue weighted by Gasteiger charge is -2.18. The Balaban J connectivity index is 1.76. The Hall–Kier alpha value is -2.21. The molecule has 2 aromatic rings. The van der Waals surface area contributed by atoms with E-state index in [1.807, 2.05) is 25.1 Å². The Morgan fingerprint density at radius 1 is 1.15 bits per heavy atom. The van der Waals surface area contributed by atoms with Crippen LogP contribution in [0.15, 0.2) is 48.5 Å². The summed E-state index contributed by atoms with van der Waals surface area (Å²) in [4.78, 5) is 12.3. The molecule has 0 saturated heterocycles. The highest BCUT2D eigenvalue weighted by Crippen LogP contribution is 2.27. The third kappa shape index (κ3) is 5.95. The van der Waals surface area contributed by atoms with Gasteiger partial charge in [-0.3, -0.25) is 4.79 Å². The van der Waals surface area contributed by atoms with Crippen LogP contribution in [0.2, 0.25) is 0 Å². The molecule has 0 unspecified atom stereocenters.